The summed E-state index contributed by atoms with van der Waals surface area (Å²) in [5.41, 5.74) is 0. The van der Waals surface area contributed by atoms with Crippen LogP contribution in [-0.4, -0.2) is 48.9 Å². The molecule has 2 N–H and O–H groups in total. The summed E-state index contributed by atoms with van der Waals surface area (Å²) in [6.45, 7) is 3.62. The van der Waals surface area contributed by atoms with Crippen LogP contribution in [0.25, 0.3) is 0 Å². The monoisotopic (exact) mass is 267 g/mol. The fourth-order valence-electron chi connectivity index (χ4n) is 3.08. The van der Waals surface area contributed by atoms with Crippen LogP contribution in [0.1, 0.15) is 39.0 Å². The van der Waals surface area contributed by atoms with E-state index in [2.05, 4.69) is 17.6 Å². The molecular weight excluding hydrogens is 242 g/mol. The fourth-order valence-corrected chi connectivity index (χ4v) is 3.08. The van der Waals surface area contributed by atoms with Crippen LogP contribution in [-0.2, 0) is 9.59 Å². The molecule has 5 heteroatoms. The second kappa shape index (κ2) is 6.37. The molecule has 0 aromatic heterocycles. The van der Waals surface area contributed by atoms with E-state index in [1.807, 2.05) is 4.90 Å². The number of hydrogen-bond donors (Lipinski definition) is 2. The van der Waals surface area contributed by atoms with E-state index in [1.54, 1.807) is 7.05 Å². The summed E-state index contributed by atoms with van der Waals surface area (Å²) in [5, 5.41) is 6.04. The predicted octanol–water partition coefficient (Wildman–Crippen LogP) is 0.502. The van der Waals surface area contributed by atoms with Gasteiger partial charge in [-0.15, -0.1) is 0 Å². The average molecular weight is 267 g/mol. The van der Waals surface area contributed by atoms with Crippen molar-refractivity contribution in [2.45, 2.75) is 51.1 Å². The van der Waals surface area contributed by atoms with E-state index in [0.717, 1.165) is 45.2 Å². The number of nitrogens with zero attached hydrogens (tertiary/aromatic N) is 1. The van der Waals surface area contributed by atoms with Gasteiger partial charge in [-0.25, -0.2) is 0 Å². The number of rotatable bonds is 2. The van der Waals surface area contributed by atoms with Crippen molar-refractivity contribution in [2.24, 2.45) is 5.92 Å². The van der Waals surface area contributed by atoms with E-state index >= 15 is 0 Å². The Morgan fingerprint density at radius 2 is 2.00 bits per heavy atom. The van der Waals surface area contributed by atoms with Crippen LogP contribution in [0.15, 0.2) is 0 Å². The molecule has 2 fully saturated rings. The van der Waals surface area contributed by atoms with Gasteiger partial charge in [0, 0.05) is 26.2 Å². The number of carbonyl (C=O) groups is 2. The molecule has 2 heterocycles. The molecule has 0 aliphatic carbocycles. The van der Waals surface area contributed by atoms with Crippen LogP contribution in [0.2, 0.25) is 0 Å². The molecule has 3 atom stereocenters. The van der Waals surface area contributed by atoms with Crippen molar-refractivity contribution in [3.63, 3.8) is 0 Å². The maximum atomic E-state index is 12.6. The molecule has 2 aliphatic rings. The molecule has 0 spiro atoms. The third-order valence-electron chi connectivity index (χ3n) is 4.35. The van der Waals surface area contributed by atoms with Gasteiger partial charge in [0.1, 0.15) is 6.04 Å². The van der Waals surface area contributed by atoms with Crippen molar-refractivity contribution in [1.29, 1.82) is 0 Å². The molecule has 0 saturated carbocycles. The minimum Gasteiger partial charge on any atom is -0.357 e. The molecule has 5 nitrogen and oxygen atoms in total. The van der Waals surface area contributed by atoms with E-state index < -0.39 is 0 Å². The maximum Gasteiger partial charge on any atom is 0.242 e. The number of piperidine rings is 2. The van der Waals surface area contributed by atoms with Gasteiger partial charge in [0.25, 0.3) is 0 Å². The number of amides is 2. The number of likely N-dealkylation sites (tertiary alicyclic amines) is 1. The molecule has 2 saturated heterocycles. The largest absolute Gasteiger partial charge is 0.357 e. The normalized spacial score (nSPS) is 31.9. The Kier molecular flexibility index (Phi) is 4.80. The highest BCUT2D eigenvalue weighted by atomic mass is 16.2. The Bertz CT molecular complexity index is 338. The van der Waals surface area contributed by atoms with E-state index in [9.17, 15) is 9.59 Å². The highest BCUT2D eigenvalue weighted by Gasteiger charge is 2.35. The van der Waals surface area contributed by atoms with E-state index in [1.165, 1.54) is 0 Å². The number of likely N-dealkylation sites (N-methyl/N-ethyl adjacent to an activating group) is 1. The second-order valence-electron chi connectivity index (χ2n) is 5.74. The van der Waals surface area contributed by atoms with E-state index in [4.69, 9.17) is 0 Å². The van der Waals surface area contributed by atoms with Crippen molar-refractivity contribution in [3.05, 3.63) is 0 Å². The first-order valence-corrected chi connectivity index (χ1v) is 7.39. The summed E-state index contributed by atoms with van der Waals surface area (Å²) in [6.07, 6.45) is 4.80. The number of hydrogen-bond acceptors (Lipinski definition) is 3. The minimum atomic E-state index is -0.259. The summed E-state index contributed by atoms with van der Waals surface area (Å²) in [7, 11) is 1.64. The lowest BCUT2D eigenvalue weighted by Gasteiger charge is -2.38. The first-order chi connectivity index (χ1) is 9.13. The Morgan fingerprint density at radius 3 is 2.63 bits per heavy atom. The molecule has 108 valence electrons. The molecule has 0 radical (unpaired) electrons. The summed E-state index contributed by atoms with van der Waals surface area (Å²) in [5.74, 6) is 0.180. The van der Waals surface area contributed by atoms with Crippen LogP contribution < -0.4 is 10.6 Å². The fraction of sp³-hybridized carbons (Fsp3) is 0.857. The van der Waals surface area contributed by atoms with Crippen LogP contribution >= 0.6 is 0 Å². The van der Waals surface area contributed by atoms with Gasteiger partial charge in [-0.2, -0.15) is 0 Å². The highest BCUT2D eigenvalue weighted by molar-refractivity contribution is 5.88. The Labute approximate surface area is 115 Å². The Morgan fingerprint density at radius 1 is 1.21 bits per heavy atom. The van der Waals surface area contributed by atoms with E-state index in [0.29, 0.717) is 6.04 Å². The summed E-state index contributed by atoms with van der Waals surface area (Å²) < 4.78 is 0. The first-order valence-electron chi connectivity index (χ1n) is 7.39. The van der Waals surface area contributed by atoms with Gasteiger partial charge >= 0.3 is 0 Å². The lowest BCUT2D eigenvalue weighted by Crippen LogP contribution is -2.55. The molecular formula is C14H25N3O2. The van der Waals surface area contributed by atoms with Gasteiger partial charge in [-0.05, 0) is 39.0 Å². The van der Waals surface area contributed by atoms with Gasteiger partial charge in [0.15, 0.2) is 0 Å². The summed E-state index contributed by atoms with van der Waals surface area (Å²) in [4.78, 5) is 26.3. The van der Waals surface area contributed by atoms with Crippen molar-refractivity contribution in [3.8, 4) is 0 Å². The van der Waals surface area contributed by atoms with E-state index in [-0.39, 0.29) is 23.8 Å². The summed E-state index contributed by atoms with van der Waals surface area (Å²) >= 11 is 0. The average Bonchev–Trinajstić information content (AvgIpc) is 2.46. The Balaban J connectivity index is 2.01. The lowest BCUT2D eigenvalue weighted by molar-refractivity contribution is -0.145. The smallest absolute Gasteiger partial charge is 0.242 e. The number of nitrogens with one attached hydrogen (secondary N) is 2. The summed E-state index contributed by atoms with van der Waals surface area (Å²) in [6, 6.07) is 0.241. The number of carbonyl (C=O) groups excluding carboxylic acids is 2. The van der Waals surface area contributed by atoms with Crippen LogP contribution in [0.3, 0.4) is 0 Å². The van der Waals surface area contributed by atoms with Crippen molar-refractivity contribution in [2.75, 3.05) is 20.1 Å². The zero-order valence-electron chi connectivity index (χ0n) is 11.9. The minimum absolute atomic E-state index is 0.0230. The quantitative estimate of drug-likeness (QED) is 0.766. The second-order valence-corrected chi connectivity index (χ2v) is 5.74. The molecule has 0 aromatic carbocycles. The highest BCUT2D eigenvalue weighted by Crippen LogP contribution is 2.23. The van der Waals surface area contributed by atoms with Gasteiger partial charge in [-0.1, -0.05) is 0 Å². The third-order valence-corrected chi connectivity index (χ3v) is 4.35. The lowest BCUT2D eigenvalue weighted by atomic mass is 9.92. The van der Waals surface area contributed by atoms with Crippen LogP contribution in [0.4, 0.5) is 0 Å². The molecule has 3 unspecified atom stereocenters. The van der Waals surface area contributed by atoms with Crippen molar-refractivity contribution in [1.82, 2.24) is 15.5 Å². The maximum absolute atomic E-state index is 12.6. The Hall–Kier alpha value is -1.10. The molecule has 0 aromatic rings. The first kappa shape index (κ1) is 14.3. The molecule has 2 rings (SSSR count). The van der Waals surface area contributed by atoms with Gasteiger partial charge in [0.2, 0.25) is 11.8 Å². The van der Waals surface area contributed by atoms with Crippen LogP contribution in [0, 0.1) is 5.92 Å². The van der Waals surface area contributed by atoms with Gasteiger partial charge in [0.05, 0.1) is 5.92 Å². The van der Waals surface area contributed by atoms with Crippen LogP contribution in [0.5, 0.6) is 0 Å². The van der Waals surface area contributed by atoms with Crippen molar-refractivity contribution >= 4 is 11.8 Å². The molecule has 2 aliphatic heterocycles. The molecule has 19 heavy (non-hydrogen) atoms. The third kappa shape index (κ3) is 3.26. The zero-order chi connectivity index (χ0) is 13.8. The topological polar surface area (TPSA) is 61.4 Å². The van der Waals surface area contributed by atoms with Gasteiger partial charge < -0.3 is 15.5 Å². The van der Waals surface area contributed by atoms with Crippen molar-refractivity contribution < 1.29 is 9.59 Å². The molecule has 0 bridgehead atoms. The molecule has 2 amide bonds. The predicted molar refractivity (Wildman–Crippen MR) is 73.6 cm³/mol. The zero-order valence-corrected chi connectivity index (χ0v) is 11.9. The SMILES string of the molecule is CNC(=O)C1CCCCN1C(=O)C1CCC(C)NC1. The standard InChI is InChI=1S/C14H25N3O2/c1-10-6-7-11(9-16-10)14(19)17-8-4-3-5-12(17)13(18)15-2/h10-12,16H,3-9H2,1-2H3,(H,15,18). The van der Waals surface area contributed by atoms with Gasteiger partial charge in [-0.3, -0.25) is 9.59 Å².